The van der Waals surface area contributed by atoms with Crippen molar-refractivity contribution in [1.82, 2.24) is 0 Å². The molecule has 3 aromatic carbocycles. The second-order valence-electron chi connectivity index (χ2n) is 8.16. The van der Waals surface area contributed by atoms with Crippen LogP contribution >= 0.6 is 0 Å². The van der Waals surface area contributed by atoms with E-state index in [1.165, 1.54) is 19.1 Å². The van der Waals surface area contributed by atoms with Crippen LogP contribution in [-0.2, 0) is 9.53 Å². The number of hydrogen-bond acceptors (Lipinski definition) is 4. The van der Waals surface area contributed by atoms with E-state index in [9.17, 15) is 14.0 Å². The molecule has 160 valence electrons. The molecular formula is C25H25FN2O3. The summed E-state index contributed by atoms with van der Waals surface area (Å²) in [6.07, 6.45) is 0. The van der Waals surface area contributed by atoms with E-state index >= 15 is 0 Å². The number of nitrogens with one attached hydrogen (secondary N) is 2. The van der Waals surface area contributed by atoms with E-state index in [1.807, 2.05) is 30.3 Å². The highest BCUT2D eigenvalue weighted by Crippen LogP contribution is 2.31. The average molecular weight is 420 g/mol. The summed E-state index contributed by atoms with van der Waals surface area (Å²) >= 11 is 0. The number of esters is 1. The Bertz CT molecular complexity index is 1100. The van der Waals surface area contributed by atoms with Crippen molar-refractivity contribution in [2.75, 3.05) is 10.6 Å². The molecule has 5 nitrogen and oxygen atoms in total. The third-order valence-corrected chi connectivity index (χ3v) is 4.28. The Labute approximate surface area is 181 Å². The molecule has 0 atom stereocenters. The highest BCUT2D eigenvalue weighted by atomic mass is 19.1. The average Bonchev–Trinajstić information content (AvgIpc) is 2.68. The minimum Gasteiger partial charge on any atom is -0.456 e. The van der Waals surface area contributed by atoms with Gasteiger partial charge >= 0.3 is 5.97 Å². The van der Waals surface area contributed by atoms with E-state index < -0.39 is 11.6 Å². The summed E-state index contributed by atoms with van der Waals surface area (Å²) in [5.74, 6) is -0.965. The molecule has 0 aliphatic carbocycles. The molecule has 0 bridgehead atoms. The van der Waals surface area contributed by atoms with Crippen LogP contribution in [-0.4, -0.2) is 17.5 Å². The van der Waals surface area contributed by atoms with Gasteiger partial charge in [0.2, 0.25) is 5.91 Å². The first kappa shape index (κ1) is 22.0. The maximum absolute atomic E-state index is 13.3. The van der Waals surface area contributed by atoms with Crippen molar-refractivity contribution in [2.24, 2.45) is 0 Å². The number of ether oxygens (including phenoxy) is 1. The van der Waals surface area contributed by atoms with Crippen molar-refractivity contribution < 1.29 is 18.7 Å². The Balaban J connectivity index is 2.02. The zero-order chi connectivity index (χ0) is 22.6. The molecule has 3 rings (SSSR count). The van der Waals surface area contributed by atoms with Crippen LogP contribution in [0, 0.1) is 5.82 Å². The van der Waals surface area contributed by atoms with Crippen molar-refractivity contribution in [3.8, 4) is 11.1 Å². The first-order chi connectivity index (χ1) is 14.6. The first-order valence-corrected chi connectivity index (χ1v) is 9.89. The molecule has 0 aromatic heterocycles. The molecule has 0 fully saturated rings. The van der Waals surface area contributed by atoms with Crippen LogP contribution < -0.4 is 10.6 Å². The maximum atomic E-state index is 13.3. The standard InChI is InChI=1S/C25H25FN2O3/c1-16(29)27-21-7-5-6-17(14-21)18-8-13-22(24(30)31-25(2,3)4)23(15-18)28-20-11-9-19(26)10-12-20/h5-15,28H,1-4H3,(H,27,29). The van der Waals surface area contributed by atoms with E-state index in [0.717, 1.165) is 11.1 Å². The molecule has 0 saturated carbocycles. The van der Waals surface area contributed by atoms with Gasteiger partial charge in [0.05, 0.1) is 11.3 Å². The van der Waals surface area contributed by atoms with Crippen molar-refractivity contribution in [2.45, 2.75) is 33.3 Å². The molecule has 0 radical (unpaired) electrons. The van der Waals surface area contributed by atoms with Crippen LogP contribution in [0.25, 0.3) is 11.1 Å². The molecule has 0 unspecified atom stereocenters. The summed E-state index contributed by atoms with van der Waals surface area (Å²) < 4.78 is 18.8. The Hall–Kier alpha value is -3.67. The number of benzene rings is 3. The number of anilines is 3. The minimum atomic E-state index is -0.643. The summed E-state index contributed by atoms with van der Waals surface area (Å²) in [4.78, 5) is 24.2. The molecule has 2 N–H and O–H groups in total. The number of halogens is 1. The predicted molar refractivity (Wildman–Crippen MR) is 121 cm³/mol. The zero-order valence-corrected chi connectivity index (χ0v) is 18.0. The number of hydrogen-bond donors (Lipinski definition) is 2. The lowest BCUT2D eigenvalue weighted by Crippen LogP contribution is -2.24. The lowest BCUT2D eigenvalue weighted by Gasteiger charge is -2.21. The number of rotatable bonds is 5. The van der Waals surface area contributed by atoms with Crippen LogP contribution in [0.3, 0.4) is 0 Å². The lowest BCUT2D eigenvalue weighted by molar-refractivity contribution is -0.114. The van der Waals surface area contributed by atoms with Crippen molar-refractivity contribution in [3.05, 3.63) is 78.1 Å². The van der Waals surface area contributed by atoms with Gasteiger partial charge in [0, 0.05) is 18.3 Å². The Kier molecular flexibility index (Phi) is 6.39. The molecule has 1 amide bonds. The lowest BCUT2D eigenvalue weighted by atomic mass is 10.0. The van der Waals surface area contributed by atoms with Gasteiger partial charge in [-0.15, -0.1) is 0 Å². The van der Waals surface area contributed by atoms with Gasteiger partial charge in [-0.2, -0.15) is 0 Å². The first-order valence-electron chi connectivity index (χ1n) is 9.89. The SMILES string of the molecule is CC(=O)Nc1cccc(-c2ccc(C(=O)OC(C)(C)C)c(Nc3ccc(F)cc3)c2)c1. The van der Waals surface area contributed by atoms with Crippen LogP contribution in [0.15, 0.2) is 66.7 Å². The summed E-state index contributed by atoms with van der Waals surface area (Å²) in [7, 11) is 0. The van der Waals surface area contributed by atoms with E-state index in [-0.39, 0.29) is 11.7 Å². The van der Waals surface area contributed by atoms with Crippen LogP contribution in [0.5, 0.6) is 0 Å². The second kappa shape index (κ2) is 9.00. The Morgan fingerprint density at radius 3 is 2.19 bits per heavy atom. The predicted octanol–water partition coefficient (Wildman–Crippen LogP) is 6.15. The highest BCUT2D eigenvalue weighted by molar-refractivity contribution is 5.98. The third-order valence-electron chi connectivity index (χ3n) is 4.28. The van der Waals surface area contributed by atoms with Gasteiger partial charge in [0.15, 0.2) is 0 Å². The molecule has 31 heavy (non-hydrogen) atoms. The highest BCUT2D eigenvalue weighted by Gasteiger charge is 2.21. The summed E-state index contributed by atoms with van der Waals surface area (Å²) in [6.45, 7) is 6.87. The molecule has 0 spiro atoms. The van der Waals surface area contributed by atoms with Gasteiger partial charge in [0.1, 0.15) is 11.4 Å². The molecule has 0 aliphatic heterocycles. The van der Waals surface area contributed by atoms with Gasteiger partial charge in [-0.3, -0.25) is 4.79 Å². The third kappa shape index (κ3) is 6.15. The van der Waals surface area contributed by atoms with E-state index in [0.29, 0.717) is 22.6 Å². The number of carbonyl (C=O) groups is 2. The van der Waals surface area contributed by atoms with Crippen molar-refractivity contribution in [3.63, 3.8) is 0 Å². The maximum Gasteiger partial charge on any atom is 0.340 e. The van der Waals surface area contributed by atoms with Crippen molar-refractivity contribution >= 4 is 28.9 Å². The molecule has 3 aromatic rings. The van der Waals surface area contributed by atoms with Gasteiger partial charge in [-0.1, -0.05) is 18.2 Å². The fourth-order valence-electron chi connectivity index (χ4n) is 3.01. The zero-order valence-electron chi connectivity index (χ0n) is 18.0. The quantitative estimate of drug-likeness (QED) is 0.486. The van der Waals surface area contributed by atoms with Crippen LogP contribution in [0.2, 0.25) is 0 Å². The van der Waals surface area contributed by atoms with E-state index in [4.69, 9.17) is 4.74 Å². The molecule has 0 saturated heterocycles. The topological polar surface area (TPSA) is 67.4 Å². The van der Waals surface area contributed by atoms with Gasteiger partial charge in [0.25, 0.3) is 0 Å². The van der Waals surface area contributed by atoms with Crippen molar-refractivity contribution in [1.29, 1.82) is 0 Å². The molecule has 6 heteroatoms. The van der Waals surface area contributed by atoms with E-state index in [1.54, 1.807) is 45.0 Å². The van der Waals surface area contributed by atoms with E-state index in [2.05, 4.69) is 10.6 Å². The Morgan fingerprint density at radius 1 is 0.871 bits per heavy atom. The number of carbonyl (C=O) groups excluding carboxylic acids is 2. The van der Waals surface area contributed by atoms with Crippen LogP contribution in [0.1, 0.15) is 38.1 Å². The summed E-state index contributed by atoms with van der Waals surface area (Å²) in [5.41, 5.74) is 3.26. The second-order valence-corrected chi connectivity index (χ2v) is 8.16. The minimum absolute atomic E-state index is 0.156. The molecular weight excluding hydrogens is 395 g/mol. The fourth-order valence-corrected chi connectivity index (χ4v) is 3.01. The number of amides is 1. The van der Waals surface area contributed by atoms with Gasteiger partial charge in [-0.25, -0.2) is 9.18 Å². The molecule has 0 aliphatic rings. The van der Waals surface area contributed by atoms with Crippen LogP contribution in [0.4, 0.5) is 21.5 Å². The summed E-state index contributed by atoms with van der Waals surface area (Å²) in [6, 6.07) is 18.6. The van der Waals surface area contributed by atoms with Gasteiger partial charge < -0.3 is 15.4 Å². The monoisotopic (exact) mass is 420 g/mol. The fraction of sp³-hybridized carbons (Fsp3) is 0.200. The molecule has 0 heterocycles. The smallest absolute Gasteiger partial charge is 0.340 e. The summed E-state index contributed by atoms with van der Waals surface area (Å²) in [5, 5.41) is 5.95. The Morgan fingerprint density at radius 2 is 1.55 bits per heavy atom. The normalized spacial score (nSPS) is 11.0. The largest absolute Gasteiger partial charge is 0.456 e. The van der Waals surface area contributed by atoms with Gasteiger partial charge in [-0.05, 0) is 80.4 Å².